The van der Waals surface area contributed by atoms with E-state index < -0.39 is 5.41 Å². The molecule has 94 valence electrons. The molecule has 0 saturated heterocycles. The molecular formula is C16H12O3. The Balaban J connectivity index is 2.13. The summed E-state index contributed by atoms with van der Waals surface area (Å²) in [5.41, 5.74) is -0.242. The maximum Gasteiger partial charge on any atom is 0.329 e. The number of hydrogen-bond donors (Lipinski definition) is 0. The Morgan fingerprint density at radius 3 is 2.68 bits per heavy atom. The second-order valence-electron chi connectivity index (χ2n) is 5.23. The van der Waals surface area contributed by atoms with Crippen molar-refractivity contribution >= 4 is 22.5 Å². The van der Waals surface area contributed by atoms with Gasteiger partial charge in [0.15, 0.2) is 11.2 Å². The van der Waals surface area contributed by atoms with Gasteiger partial charge >= 0.3 is 5.97 Å². The molecule has 3 heteroatoms. The predicted octanol–water partition coefficient (Wildman–Crippen LogP) is 2.75. The van der Waals surface area contributed by atoms with Crippen molar-refractivity contribution in [3.63, 3.8) is 0 Å². The van der Waals surface area contributed by atoms with E-state index >= 15 is 0 Å². The van der Waals surface area contributed by atoms with E-state index in [1.165, 1.54) is 0 Å². The lowest BCUT2D eigenvalue weighted by atomic mass is 9.77. The van der Waals surface area contributed by atoms with Gasteiger partial charge in [-0.25, -0.2) is 0 Å². The van der Waals surface area contributed by atoms with E-state index in [1.54, 1.807) is 6.07 Å². The Labute approximate surface area is 110 Å². The first-order chi connectivity index (χ1) is 9.23. The van der Waals surface area contributed by atoms with Crippen LogP contribution in [0.25, 0.3) is 10.8 Å². The van der Waals surface area contributed by atoms with Crippen LogP contribution in [-0.2, 0) is 15.0 Å². The van der Waals surface area contributed by atoms with Crippen LogP contribution in [0.1, 0.15) is 24.8 Å². The van der Waals surface area contributed by atoms with Gasteiger partial charge in [0.25, 0.3) is 0 Å². The van der Waals surface area contributed by atoms with Crippen molar-refractivity contribution in [3.05, 3.63) is 42.0 Å². The topological polar surface area (TPSA) is 43.4 Å². The van der Waals surface area contributed by atoms with Crippen molar-refractivity contribution < 1.29 is 14.3 Å². The molecule has 1 fully saturated rings. The van der Waals surface area contributed by atoms with Crippen LogP contribution in [0.15, 0.2) is 36.4 Å². The number of carbonyl (C=O) groups excluding carboxylic acids is 2. The third-order valence-corrected chi connectivity index (χ3v) is 4.30. The van der Waals surface area contributed by atoms with Crippen LogP contribution in [0.3, 0.4) is 0 Å². The van der Waals surface area contributed by atoms with E-state index in [0.717, 1.165) is 22.8 Å². The highest BCUT2D eigenvalue weighted by molar-refractivity contribution is 6.17. The molecule has 0 unspecified atom stereocenters. The maximum absolute atomic E-state index is 12.3. The molecule has 0 amide bonds. The summed E-state index contributed by atoms with van der Waals surface area (Å²) in [6.45, 7) is 0. The molecule has 1 aliphatic heterocycles. The lowest BCUT2D eigenvalue weighted by molar-refractivity contribution is -0.142. The molecule has 2 aliphatic rings. The predicted molar refractivity (Wildman–Crippen MR) is 70.1 cm³/mol. The molecule has 4 rings (SSSR count). The van der Waals surface area contributed by atoms with E-state index in [2.05, 4.69) is 0 Å². The standard InChI is InChI=1S/C16H12O3/c17-13-6-3-9-16(13)14-11-5-2-1-4-10(11)7-8-12(14)19-15(16)18/h1-2,4-5,7-8H,3,6,9H2/t16-/m1/s1. The molecular weight excluding hydrogens is 240 g/mol. The number of Topliss-reactive ketones (excluding diaryl/α,β-unsaturated/α-hetero) is 1. The number of ketones is 1. The lowest BCUT2D eigenvalue weighted by Gasteiger charge is -2.18. The monoisotopic (exact) mass is 252 g/mol. The van der Waals surface area contributed by atoms with Gasteiger partial charge in [0.2, 0.25) is 0 Å². The molecule has 1 atom stereocenters. The summed E-state index contributed by atoms with van der Waals surface area (Å²) < 4.78 is 5.36. The Bertz CT molecular complexity index is 732. The molecule has 0 bridgehead atoms. The number of carbonyl (C=O) groups is 2. The highest BCUT2D eigenvalue weighted by Crippen LogP contribution is 2.50. The average molecular weight is 252 g/mol. The van der Waals surface area contributed by atoms with Crippen LogP contribution in [0, 0.1) is 0 Å². The third kappa shape index (κ3) is 1.17. The lowest BCUT2D eigenvalue weighted by Crippen LogP contribution is -2.37. The molecule has 1 saturated carbocycles. The first kappa shape index (κ1) is 10.7. The van der Waals surface area contributed by atoms with Gasteiger partial charge in [-0.15, -0.1) is 0 Å². The molecule has 0 aromatic heterocycles. The van der Waals surface area contributed by atoms with Gasteiger partial charge in [-0.3, -0.25) is 9.59 Å². The number of benzene rings is 2. The fraction of sp³-hybridized carbons (Fsp3) is 0.250. The van der Waals surface area contributed by atoms with E-state index in [0.29, 0.717) is 18.6 Å². The van der Waals surface area contributed by atoms with Crippen LogP contribution >= 0.6 is 0 Å². The van der Waals surface area contributed by atoms with Gasteiger partial charge in [0.05, 0.1) is 0 Å². The Morgan fingerprint density at radius 2 is 1.89 bits per heavy atom. The van der Waals surface area contributed by atoms with Crippen LogP contribution in [-0.4, -0.2) is 11.8 Å². The molecule has 3 nitrogen and oxygen atoms in total. The first-order valence-electron chi connectivity index (χ1n) is 6.51. The van der Waals surface area contributed by atoms with Crippen LogP contribution in [0.5, 0.6) is 5.75 Å². The van der Waals surface area contributed by atoms with Gasteiger partial charge in [-0.1, -0.05) is 30.3 Å². The zero-order chi connectivity index (χ0) is 13.0. The fourth-order valence-electron chi connectivity index (χ4n) is 3.41. The highest BCUT2D eigenvalue weighted by Gasteiger charge is 2.57. The highest BCUT2D eigenvalue weighted by atomic mass is 16.5. The van der Waals surface area contributed by atoms with Crippen molar-refractivity contribution in [2.45, 2.75) is 24.7 Å². The minimum absolute atomic E-state index is 0.00704. The van der Waals surface area contributed by atoms with Crippen LogP contribution < -0.4 is 4.74 Å². The van der Waals surface area contributed by atoms with Gasteiger partial charge in [0, 0.05) is 12.0 Å². The molecule has 1 heterocycles. The van der Waals surface area contributed by atoms with Crippen LogP contribution in [0.2, 0.25) is 0 Å². The summed E-state index contributed by atoms with van der Waals surface area (Å²) in [6.07, 6.45) is 1.81. The van der Waals surface area contributed by atoms with Crippen molar-refractivity contribution in [1.82, 2.24) is 0 Å². The summed E-state index contributed by atoms with van der Waals surface area (Å²) >= 11 is 0. The minimum atomic E-state index is -1.03. The summed E-state index contributed by atoms with van der Waals surface area (Å²) in [5, 5.41) is 2.00. The molecule has 0 radical (unpaired) electrons. The zero-order valence-electron chi connectivity index (χ0n) is 10.3. The van der Waals surface area contributed by atoms with Gasteiger partial charge < -0.3 is 4.74 Å². The smallest absolute Gasteiger partial charge is 0.329 e. The number of fused-ring (bicyclic) bond motifs is 4. The average Bonchev–Trinajstić information content (AvgIpc) is 2.94. The molecule has 1 aliphatic carbocycles. The first-order valence-corrected chi connectivity index (χ1v) is 6.51. The maximum atomic E-state index is 12.3. The molecule has 19 heavy (non-hydrogen) atoms. The van der Waals surface area contributed by atoms with Crippen molar-refractivity contribution in [2.75, 3.05) is 0 Å². The quantitative estimate of drug-likeness (QED) is 0.411. The Morgan fingerprint density at radius 1 is 1.05 bits per heavy atom. The number of hydrogen-bond acceptors (Lipinski definition) is 3. The zero-order valence-corrected chi connectivity index (χ0v) is 10.3. The van der Waals surface area contributed by atoms with Crippen LogP contribution in [0.4, 0.5) is 0 Å². The van der Waals surface area contributed by atoms with Gasteiger partial charge in [-0.2, -0.15) is 0 Å². The Kier molecular flexibility index (Phi) is 1.94. The minimum Gasteiger partial charge on any atom is -0.425 e. The van der Waals surface area contributed by atoms with Gasteiger partial charge in [-0.05, 0) is 29.7 Å². The molecule has 0 N–H and O–H groups in total. The normalized spacial score (nSPS) is 25.1. The summed E-state index contributed by atoms with van der Waals surface area (Å²) in [5.74, 6) is 0.174. The second kappa shape index (κ2) is 3.44. The van der Waals surface area contributed by atoms with E-state index in [1.807, 2.05) is 30.3 Å². The van der Waals surface area contributed by atoms with E-state index in [-0.39, 0.29) is 11.8 Å². The summed E-state index contributed by atoms with van der Waals surface area (Å²) in [6, 6.07) is 11.6. The van der Waals surface area contributed by atoms with Gasteiger partial charge in [0.1, 0.15) is 5.75 Å². The molecule has 1 spiro atoms. The van der Waals surface area contributed by atoms with Crippen molar-refractivity contribution in [2.24, 2.45) is 0 Å². The molecule has 2 aromatic carbocycles. The largest absolute Gasteiger partial charge is 0.425 e. The van der Waals surface area contributed by atoms with Crippen molar-refractivity contribution in [1.29, 1.82) is 0 Å². The van der Waals surface area contributed by atoms with E-state index in [4.69, 9.17) is 4.74 Å². The summed E-state index contributed by atoms with van der Waals surface area (Å²) in [7, 11) is 0. The number of ether oxygens (including phenoxy) is 1. The number of esters is 1. The Hall–Kier alpha value is -2.16. The van der Waals surface area contributed by atoms with Crippen molar-refractivity contribution in [3.8, 4) is 5.75 Å². The third-order valence-electron chi connectivity index (χ3n) is 4.30. The molecule has 2 aromatic rings. The van der Waals surface area contributed by atoms with E-state index in [9.17, 15) is 9.59 Å². The second-order valence-corrected chi connectivity index (χ2v) is 5.23. The summed E-state index contributed by atoms with van der Waals surface area (Å²) in [4.78, 5) is 24.6. The number of rotatable bonds is 0. The fourth-order valence-corrected chi connectivity index (χ4v) is 3.41. The SMILES string of the molecule is O=C1CCC[C@@]12C(=O)Oc1ccc3ccccc3c12.